The van der Waals surface area contributed by atoms with E-state index in [2.05, 4.69) is 42.1 Å². The second-order valence-electron chi connectivity index (χ2n) is 5.58. The summed E-state index contributed by atoms with van der Waals surface area (Å²) in [4.78, 5) is 4.72. The molecule has 2 N–H and O–H groups in total. The minimum Gasteiger partial charge on any atom is -0.396 e. The second-order valence-corrected chi connectivity index (χ2v) is 5.58. The molecule has 0 unspecified atom stereocenters. The monoisotopic (exact) mass is 271 g/mol. The minimum absolute atomic E-state index is 0.180. The number of nitrogens with one attached hydrogen (secondary N) is 1. The lowest BCUT2D eigenvalue weighted by Gasteiger charge is -2.19. The smallest absolute Gasteiger partial charge is 0.126 e. The van der Waals surface area contributed by atoms with Crippen LogP contribution in [0.3, 0.4) is 0 Å². The zero-order chi connectivity index (χ0) is 14.1. The van der Waals surface area contributed by atoms with Gasteiger partial charge >= 0.3 is 0 Å². The van der Waals surface area contributed by atoms with E-state index >= 15 is 0 Å². The molecule has 106 valence electrons. The molecule has 0 saturated carbocycles. The number of aliphatic hydroxyl groups excluding tert-OH is 1. The SMILES string of the molecule is C[C@H](N[C@@H]1C=C[C@H](CO)C1)c1nc2ccccc2n1C. The summed E-state index contributed by atoms with van der Waals surface area (Å²) in [6.45, 7) is 2.37. The molecule has 0 aliphatic heterocycles. The van der Waals surface area contributed by atoms with Crippen molar-refractivity contribution >= 4 is 11.0 Å². The lowest BCUT2D eigenvalue weighted by atomic mass is 10.1. The van der Waals surface area contributed by atoms with Crippen molar-refractivity contribution in [2.75, 3.05) is 6.61 Å². The molecular weight excluding hydrogens is 250 g/mol. The fraction of sp³-hybridized carbons (Fsp3) is 0.438. The van der Waals surface area contributed by atoms with Crippen LogP contribution in [0.15, 0.2) is 36.4 Å². The Morgan fingerprint density at radius 3 is 2.90 bits per heavy atom. The summed E-state index contributed by atoms with van der Waals surface area (Å²) in [5, 5.41) is 12.8. The summed E-state index contributed by atoms with van der Waals surface area (Å²) >= 11 is 0. The van der Waals surface area contributed by atoms with Crippen molar-refractivity contribution in [3.8, 4) is 0 Å². The van der Waals surface area contributed by atoms with Gasteiger partial charge in [0.1, 0.15) is 5.82 Å². The van der Waals surface area contributed by atoms with Crippen molar-refractivity contribution < 1.29 is 5.11 Å². The van der Waals surface area contributed by atoms with Gasteiger partial charge in [-0.05, 0) is 25.5 Å². The zero-order valence-electron chi connectivity index (χ0n) is 12.0. The van der Waals surface area contributed by atoms with Crippen LogP contribution in [0.1, 0.15) is 25.2 Å². The van der Waals surface area contributed by atoms with Crippen molar-refractivity contribution in [2.45, 2.75) is 25.4 Å². The minimum atomic E-state index is 0.180. The Labute approximate surface area is 119 Å². The molecule has 4 nitrogen and oxygen atoms in total. The molecule has 4 heteroatoms. The Morgan fingerprint density at radius 1 is 1.40 bits per heavy atom. The van der Waals surface area contributed by atoms with E-state index in [0.29, 0.717) is 12.0 Å². The number of rotatable bonds is 4. The molecule has 1 aromatic carbocycles. The molecule has 0 bridgehead atoms. The normalized spacial score (nSPS) is 23.6. The topological polar surface area (TPSA) is 50.1 Å². The first-order chi connectivity index (χ1) is 9.69. The average molecular weight is 271 g/mol. The largest absolute Gasteiger partial charge is 0.396 e. The van der Waals surface area contributed by atoms with Gasteiger partial charge in [0.25, 0.3) is 0 Å². The highest BCUT2D eigenvalue weighted by Gasteiger charge is 2.22. The molecule has 1 aliphatic carbocycles. The Kier molecular flexibility index (Phi) is 3.59. The Hall–Kier alpha value is -1.65. The number of fused-ring (bicyclic) bond motifs is 1. The van der Waals surface area contributed by atoms with E-state index in [9.17, 15) is 5.11 Å². The van der Waals surface area contributed by atoms with Gasteiger partial charge in [-0.3, -0.25) is 0 Å². The number of benzene rings is 1. The van der Waals surface area contributed by atoms with Crippen LogP contribution in [0.5, 0.6) is 0 Å². The molecule has 20 heavy (non-hydrogen) atoms. The van der Waals surface area contributed by atoms with E-state index < -0.39 is 0 Å². The quantitative estimate of drug-likeness (QED) is 0.838. The fourth-order valence-corrected chi connectivity index (χ4v) is 2.98. The molecule has 3 rings (SSSR count). The van der Waals surface area contributed by atoms with Crippen LogP contribution in [-0.4, -0.2) is 27.3 Å². The number of aryl methyl sites for hydroxylation is 1. The number of aliphatic hydroxyl groups is 1. The summed E-state index contributed by atoms with van der Waals surface area (Å²) in [6.07, 6.45) is 5.21. The number of hydrogen-bond acceptors (Lipinski definition) is 3. The maximum Gasteiger partial charge on any atom is 0.126 e. The zero-order valence-corrected chi connectivity index (χ0v) is 12.0. The number of para-hydroxylation sites is 2. The molecule has 0 saturated heterocycles. The van der Waals surface area contributed by atoms with Crippen LogP contribution in [0, 0.1) is 5.92 Å². The van der Waals surface area contributed by atoms with E-state index in [-0.39, 0.29) is 12.6 Å². The van der Waals surface area contributed by atoms with E-state index in [1.807, 2.05) is 18.2 Å². The molecular formula is C16H21N3O. The first kappa shape index (κ1) is 13.3. The molecule has 1 heterocycles. The van der Waals surface area contributed by atoms with Crippen molar-refractivity contribution in [1.29, 1.82) is 0 Å². The standard InChI is InChI=1S/C16H21N3O/c1-11(17-13-8-7-12(9-13)10-20)16-18-14-5-3-4-6-15(14)19(16)2/h3-8,11-13,17,20H,9-10H2,1-2H3/t11-,12-,13+/m0/s1. The van der Waals surface area contributed by atoms with E-state index in [1.165, 1.54) is 0 Å². The number of aromatic nitrogens is 2. The molecule has 1 aliphatic rings. The lowest BCUT2D eigenvalue weighted by molar-refractivity contribution is 0.244. The average Bonchev–Trinajstić information content (AvgIpc) is 3.04. The number of nitrogens with zero attached hydrogens (tertiary/aromatic N) is 2. The van der Waals surface area contributed by atoms with Crippen molar-refractivity contribution in [2.24, 2.45) is 13.0 Å². The third-order valence-corrected chi connectivity index (χ3v) is 4.08. The summed E-state index contributed by atoms with van der Waals surface area (Å²) in [6, 6.07) is 8.69. The van der Waals surface area contributed by atoms with Crippen LogP contribution >= 0.6 is 0 Å². The van der Waals surface area contributed by atoms with Crippen LogP contribution in [0.2, 0.25) is 0 Å². The van der Waals surface area contributed by atoms with E-state index in [4.69, 9.17) is 4.98 Å². The van der Waals surface area contributed by atoms with Gasteiger partial charge in [0.2, 0.25) is 0 Å². The molecule has 2 aromatic rings. The highest BCUT2D eigenvalue weighted by atomic mass is 16.3. The molecule has 1 aromatic heterocycles. The van der Waals surface area contributed by atoms with Crippen LogP contribution < -0.4 is 5.32 Å². The maximum atomic E-state index is 9.18. The Morgan fingerprint density at radius 2 is 2.20 bits per heavy atom. The number of imidazole rings is 1. The van der Waals surface area contributed by atoms with Crippen molar-refractivity contribution in [1.82, 2.24) is 14.9 Å². The molecule has 3 atom stereocenters. The summed E-state index contributed by atoms with van der Waals surface area (Å²) < 4.78 is 2.15. The highest BCUT2D eigenvalue weighted by molar-refractivity contribution is 5.75. The predicted octanol–water partition coefficient (Wildman–Crippen LogP) is 2.16. The van der Waals surface area contributed by atoms with Crippen LogP contribution in [-0.2, 0) is 7.05 Å². The maximum absolute atomic E-state index is 9.18. The van der Waals surface area contributed by atoms with Gasteiger partial charge in [0.15, 0.2) is 0 Å². The molecule has 0 amide bonds. The second kappa shape index (κ2) is 5.38. The summed E-state index contributed by atoms with van der Waals surface area (Å²) in [7, 11) is 2.06. The third-order valence-electron chi connectivity index (χ3n) is 4.08. The van der Waals surface area contributed by atoms with Gasteiger partial charge in [-0.2, -0.15) is 0 Å². The lowest BCUT2D eigenvalue weighted by Crippen LogP contribution is -2.30. The first-order valence-electron chi connectivity index (χ1n) is 7.15. The fourth-order valence-electron chi connectivity index (χ4n) is 2.98. The highest BCUT2D eigenvalue weighted by Crippen LogP contribution is 2.23. The van der Waals surface area contributed by atoms with Gasteiger partial charge in [-0.15, -0.1) is 0 Å². The first-order valence-corrected chi connectivity index (χ1v) is 7.15. The molecule has 0 spiro atoms. The Balaban J connectivity index is 1.77. The van der Waals surface area contributed by atoms with Crippen LogP contribution in [0.4, 0.5) is 0 Å². The van der Waals surface area contributed by atoms with Gasteiger partial charge in [-0.1, -0.05) is 24.3 Å². The Bertz CT molecular complexity index is 632. The van der Waals surface area contributed by atoms with E-state index in [0.717, 1.165) is 23.3 Å². The summed E-state index contributed by atoms with van der Waals surface area (Å²) in [5.74, 6) is 1.34. The predicted molar refractivity (Wildman–Crippen MR) is 80.4 cm³/mol. The molecule has 0 fully saturated rings. The summed E-state index contributed by atoms with van der Waals surface area (Å²) in [5.41, 5.74) is 2.19. The number of hydrogen-bond donors (Lipinski definition) is 2. The van der Waals surface area contributed by atoms with Gasteiger partial charge in [0.05, 0.1) is 17.1 Å². The van der Waals surface area contributed by atoms with E-state index in [1.54, 1.807) is 0 Å². The van der Waals surface area contributed by atoms with Gasteiger partial charge in [-0.25, -0.2) is 4.98 Å². The van der Waals surface area contributed by atoms with Crippen molar-refractivity contribution in [3.05, 3.63) is 42.2 Å². The van der Waals surface area contributed by atoms with Crippen LogP contribution in [0.25, 0.3) is 11.0 Å². The third kappa shape index (κ3) is 2.37. The van der Waals surface area contributed by atoms with Gasteiger partial charge < -0.3 is 15.0 Å². The van der Waals surface area contributed by atoms with Gasteiger partial charge in [0, 0.05) is 25.6 Å². The molecule has 0 radical (unpaired) electrons. The van der Waals surface area contributed by atoms with Crippen molar-refractivity contribution in [3.63, 3.8) is 0 Å².